The molecule has 22 heavy (non-hydrogen) atoms. The highest BCUT2D eigenvalue weighted by molar-refractivity contribution is 6.08. The molecular weight excluding hydrogens is 278 g/mol. The van der Waals surface area contributed by atoms with Crippen LogP contribution in [0.4, 0.5) is 5.69 Å². The molecule has 1 aliphatic rings. The molecular formula is C17H17N3O2. The van der Waals surface area contributed by atoms with Gasteiger partial charge in [0.1, 0.15) is 5.69 Å². The van der Waals surface area contributed by atoms with Gasteiger partial charge in [0, 0.05) is 11.7 Å². The maximum atomic E-state index is 12.3. The van der Waals surface area contributed by atoms with Crippen molar-refractivity contribution in [2.45, 2.75) is 25.8 Å². The molecule has 5 heteroatoms. The lowest BCUT2D eigenvalue weighted by atomic mass is 10.1. The monoisotopic (exact) mass is 295 g/mol. The number of pyridine rings is 1. The summed E-state index contributed by atoms with van der Waals surface area (Å²) in [5.74, 6) is -0.481. The molecule has 0 radical (unpaired) electrons. The molecule has 3 rings (SSSR count). The highest BCUT2D eigenvalue weighted by Crippen LogP contribution is 2.21. The number of carbonyl (C=O) groups excluding carboxylic acids is 2. The lowest BCUT2D eigenvalue weighted by Gasteiger charge is -2.11. The predicted molar refractivity (Wildman–Crippen MR) is 83.9 cm³/mol. The third kappa shape index (κ3) is 3.31. The molecule has 0 saturated heterocycles. The lowest BCUT2D eigenvalue weighted by Crippen LogP contribution is -2.27. The number of hydrogen-bond donors (Lipinski definition) is 2. The molecule has 0 unspecified atom stereocenters. The fourth-order valence-electron chi connectivity index (χ4n) is 2.14. The van der Waals surface area contributed by atoms with Crippen molar-refractivity contribution in [3.63, 3.8) is 0 Å². The van der Waals surface area contributed by atoms with E-state index in [0.717, 1.165) is 18.5 Å². The Bertz CT molecular complexity index is 723. The van der Waals surface area contributed by atoms with Crippen molar-refractivity contribution in [3.05, 3.63) is 59.4 Å². The third-order valence-electron chi connectivity index (χ3n) is 3.45. The number of rotatable bonds is 4. The van der Waals surface area contributed by atoms with E-state index in [9.17, 15) is 9.59 Å². The molecule has 1 saturated carbocycles. The smallest absolute Gasteiger partial charge is 0.274 e. The summed E-state index contributed by atoms with van der Waals surface area (Å²) >= 11 is 0. The molecule has 1 heterocycles. The number of aryl methyl sites for hydroxylation is 1. The van der Waals surface area contributed by atoms with Crippen LogP contribution in [0.2, 0.25) is 0 Å². The summed E-state index contributed by atoms with van der Waals surface area (Å²) in [5, 5.41) is 5.69. The summed E-state index contributed by atoms with van der Waals surface area (Å²) in [4.78, 5) is 28.7. The molecule has 5 nitrogen and oxygen atoms in total. The van der Waals surface area contributed by atoms with E-state index < -0.39 is 0 Å². The number of amides is 2. The van der Waals surface area contributed by atoms with Gasteiger partial charge in [-0.3, -0.25) is 9.59 Å². The van der Waals surface area contributed by atoms with Crippen LogP contribution in [0.1, 0.15) is 39.4 Å². The van der Waals surface area contributed by atoms with E-state index in [4.69, 9.17) is 0 Å². The number of anilines is 1. The number of carbonyl (C=O) groups is 2. The first-order chi connectivity index (χ1) is 10.6. The van der Waals surface area contributed by atoms with Gasteiger partial charge in [-0.1, -0.05) is 18.2 Å². The van der Waals surface area contributed by atoms with Crippen LogP contribution in [0.15, 0.2) is 42.5 Å². The Morgan fingerprint density at radius 1 is 1.05 bits per heavy atom. The minimum atomic E-state index is -0.324. The molecule has 1 fully saturated rings. The minimum absolute atomic E-state index is 0.157. The highest BCUT2D eigenvalue weighted by atomic mass is 16.2. The van der Waals surface area contributed by atoms with E-state index in [1.54, 1.807) is 36.4 Å². The van der Waals surface area contributed by atoms with Gasteiger partial charge in [-0.25, -0.2) is 4.98 Å². The van der Waals surface area contributed by atoms with E-state index in [1.807, 2.05) is 13.0 Å². The number of para-hydroxylation sites is 1. The zero-order valence-electron chi connectivity index (χ0n) is 12.3. The number of nitrogens with zero attached hydrogens (tertiary/aromatic N) is 1. The maximum absolute atomic E-state index is 12.3. The molecule has 1 aromatic carbocycles. The van der Waals surface area contributed by atoms with Crippen molar-refractivity contribution in [2.24, 2.45) is 0 Å². The first-order valence-electron chi connectivity index (χ1n) is 7.28. The highest BCUT2D eigenvalue weighted by Gasteiger charge is 2.25. The van der Waals surface area contributed by atoms with Crippen molar-refractivity contribution in [2.75, 3.05) is 5.32 Å². The van der Waals surface area contributed by atoms with Crippen LogP contribution >= 0.6 is 0 Å². The second-order valence-electron chi connectivity index (χ2n) is 5.41. The Morgan fingerprint density at radius 3 is 2.55 bits per heavy atom. The molecule has 1 aromatic heterocycles. The largest absolute Gasteiger partial charge is 0.349 e. The van der Waals surface area contributed by atoms with Crippen LogP contribution in [-0.2, 0) is 0 Å². The van der Waals surface area contributed by atoms with Crippen LogP contribution < -0.4 is 10.6 Å². The van der Waals surface area contributed by atoms with Crippen molar-refractivity contribution < 1.29 is 9.59 Å². The zero-order valence-corrected chi connectivity index (χ0v) is 12.3. The normalized spacial score (nSPS) is 13.5. The van der Waals surface area contributed by atoms with Gasteiger partial charge < -0.3 is 10.6 Å². The molecule has 0 spiro atoms. The average Bonchev–Trinajstić information content (AvgIpc) is 3.31. The fraction of sp³-hybridized carbons (Fsp3) is 0.235. The van der Waals surface area contributed by atoms with Crippen molar-refractivity contribution in [3.8, 4) is 0 Å². The third-order valence-corrected chi connectivity index (χ3v) is 3.45. The van der Waals surface area contributed by atoms with Gasteiger partial charge >= 0.3 is 0 Å². The van der Waals surface area contributed by atoms with Crippen LogP contribution in [0, 0.1) is 6.92 Å². The number of benzene rings is 1. The zero-order chi connectivity index (χ0) is 15.5. The molecule has 112 valence electrons. The summed E-state index contributed by atoms with van der Waals surface area (Å²) in [6.07, 6.45) is 2.04. The average molecular weight is 295 g/mol. The van der Waals surface area contributed by atoms with Crippen molar-refractivity contribution in [1.29, 1.82) is 0 Å². The van der Waals surface area contributed by atoms with Crippen LogP contribution in [0.5, 0.6) is 0 Å². The number of hydrogen-bond acceptors (Lipinski definition) is 3. The van der Waals surface area contributed by atoms with E-state index in [-0.39, 0.29) is 17.9 Å². The summed E-state index contributed by atoms with van der Waals surface area (Å²) in [5.41, 5.74) is 2.06. The van der Waals surface area contributed by atoms with Gasteiger partial charge in [-0.2, -0.15) is 0 Å². The van der Waals surface area contributed by atoms with Gasteiger partial charge in [-0.05, 0) is 44.0 Å². The van der Waals surface area contributed by atoms with Gasteiger partial charge in [0.25, 0.3) is 11.8 Å². The van der Waals surface area contributed by atoms with Gasteiger partial charge in [-0.15, -0.1) is 0 Å². The van der Waals surface area contributed by atoms with E-state index in [2.05, 4.69) is 15.6 Å². The van der Waals surface area contributed by atoms with Crippen LogP contribution in [0.3, 0.4) is 0 Å². The standard InChI is InChI=1S/C17H17N3O2/c1-11-5-4-8-15(18-11)17(22)20-14-7-3-2-6-13(14)16(21)19-12-9-10-12/h2-8,12H,9-10H2,1H3,(H,19,21)(H,20,22). The molecule has 2 N–H and O–H groups in total. The molecule has 1 aliphatic carbocycles. The van der Waals surface area contributed by atoms with Gasteiger partial charge in [0.2, 0.25) is 0 Å². The Kier molecular flexibility index (Phi) is 3.87. The van der Waals surface area contributed by atoms with Gasteiger partial charge in [0.05, 0.1) is 11.3 Å². The van der Waals surface area contributed by atoms with Crippen molar-refractivity contribution in [1.82, 2.24) is 10.3 Å². The summed E-state index contributed by atoms with van der Waals surface area (Å²) in [6.45, 7) is 1.83. The molecule has 2 amide bonds. The molecule has 0 aliphatic heterocycles. The van der Waals surface area contributed by atoms with Crippen LogP contribution in [0.25, 0.3) is 0 Å². The lowest BCUT2D eigenvalue weighted by molar-refractivity contribution is 0.0952. The second kappa shape index (κ2) is 5.97. The summed E-state index contributed by atoms with van der Waals surface area (Å²) in [7, 11) is 0. The summed E-state index contributed by atoms with van der Waals surface area (Å²) in [6, 6.07) is 12.5. The Hall–Kier alpha value is -2.69. The predicted octanol–water partition coefficient (Wildman–Crippen LogP) is 2.53. The van der Waals surface area contributed by atoms with Gasteiger partial charge in [0.15, 0.2) is 0 Å². The van der Waals surface area contributed by atoms with E-state index in [0.29, 0.717) is 16.9 Å². The maximum Gasteiger partial charge on any atom is 0.274 e. The SMILES string of the molecule is Cc1cccc(C(=O)Nc2ccccc2C(=O)NC2CC2)n1. The molecule has 0 atom stereocenters. The number of aromatic nitrogens is 1. The second-order valence-corrected chi connectivity index (χ2v) is 5.41. The minimum Gasteiger partial charge on any atom is -0.349 e. The molecule has 0 bridgehead atoms. The molecule has 2 aromatic rings. The fourth-order valence-corrected chi connectivity index (χ4v) is 2.14. The Morgan fingerprint density at radius 2 is 1.82 bits per heavy atom. The first kappa shape index (κ1) is 14.3. The topological polar surface area (TPSA) is 71.1 Å². The number of nitrogens with one attached hydrogen (secondary N) is 2. The Balaban J connectivity index is 1.79. The summed E-state index contributed by atoms with van der Waals surface area (Å²) < 4.78 is 0. The quantitative estimate of drug-likeness (QED) is 0.910. The Labute approximate surface area is 128 Å². The first-order valence-corrected chi connectivity index (χ1v) is 7.28. The van der Waals surface area contributed by atoms with Crippen molar-refractivity contribution >= 4 is 17.5 Å². The van der Waals surface area contributed by atoms with E-state index >= 15 is 0 Å². The van der Waals surface area contributed by atoms with Crippen LogP contribution in [-0.4, -0.2) is 22.8 Å². The van der Waals surface area contributed by atoms with E-state index in [1.165, 1.54) is 0 Å².